The smallest absolute Gasteiger partial charge is 0.336 e. The van der Waals surface area contributed by atoms with Gasteiger partial charge < -0.3 is 9.47 Å². The third kappa shape index (κ3) is 1.60. The van der Waals surface area contributed by atoms with Crippen LogP contribution in [0.25, 0.3) is 0 Å². The van der Waals surface area contributed by atoms with E-state index in [4.69, 9.17) is 9.47 Å². The first-order valence-electron chi connectivity index (χ1n) is 4.94. The van der Waals surface area contributed by atoms with Gasteiger partial charge in [0.1, 0.15) is 0 Å². The van der Waals surface area contributed by atoms with Crippen LogP contribution in [0.4, 0.5) is 0 Å². The molecule has 82 valence electrons. The number of nitrogens with zero attached hydrogens (tertiary/aromatic N) is 2. The van der Waals surface area contributed by atoms with Gasteiger partial charge in [0.15, 0.2) is 11.6 Å². The average molecular weight is 212 g/mol. The molecule has 1 fully saturated rings. The second kappa shape index (κ2) is 3.60. The van der Waals surface area contributed by atoms with Crippen LogP contribution in [0.1, 0.15) is 19.8 Å². The number of cyclic esters (lactones) is 1. The molecule has 6 nitrogen and oxygen atoms in total. The fraction of sp³-hybridized carbons (Fsp3) is 0.778. The highest BCUT2D eigenvalue weighted by molar-refractivity contribution is 5.86. The van der Waals surface area contributed by atoms with Crippen LogP contribution in [0.3, 0.4) is 0 Å². The lowest BCUT2D eigenvalue weighted by molar-refractivity contribution is -0.145. The van der Waals surface area contributed by atoms with Crippen molar-refractivity contribution in [2.24, 2.45) is 10.2 Å². The number of hydrogen-bond acceptors (Lipinski definition) is 6. The van der Waals surface area contributed by atoms with E-state index >= 15 is 0 Å². The molecule has 15 heavy (non-hydrogen) atoms. The Morgan fingerprint density at radius 3 is 3.13 bits per heavy atom. The maximum Gasteiger partial charge on any atom is 0.336 e. The number of ether oxygens (including phenoxy) is 2. The van der Waals surface area contributed by atoms with E-state index in [1.54, 1.807) is 6.92 Å². The standard InChI is InChI=1S/C9H12N2O4/c1-2-14-7(12)6-5-9(11-10-6)3-4-15-8(9)13/h6H,2-5H2,1H3. The molecular weight excluding hydrogens is 200 g/mol. The SMILES string of the molecule is CCOC(=O)C1CC2(CCOC2=O)N=N1. The Morgan fingerprint density at radius 2 is 2.53 bits per heavy atom. The third-order valence-electron chi connectivity index (χ3n) is 2.61. The quantitative estimate of drug-likeness (QED) is 0.623. The van der Waals surface area contributed by atoms with E-state index < -0.39 is 17.6 Å². The molecule has 2 atom stereocenters. The summed E-state index contributed by atoms with van der Waals surface area (Å²) in [6.45, 7) is 2.39. The number of rotatable bonds is 2. The van der Waals surface area contributed by atoms with Gasteiger partial charge in [-0.3, -0.25) is 0 Å². The summed E-state index contributed by atoms with van der Waals surface area (Å²) >= 11 is 0. The van der Waals surface area contributed by atoms with Crippen molar-refractivity contribution >= 4 is 11.9 Å². The molecule has 0 aromatic heterocycles. The van der Waals surface area contributed by atoms with Gasteiger partial charge in [0.25, 0.3) is 0 Å². The van der Waals surface area contributed by atoms with Gasteiger partial charge in [-0.05, 0) is 6.92 Å². The molecule has 0 radical (unpaired) electrons. The molecule has 0 aliphatic carbocycles. The Morgan fingerprint density at radius 1 is 1.73 bits per heavy atom. The van der Waals surface area contributed by atoms with Crippen LogP contribution >= 0.6 is 0 Å². The predicted octanol–water partition coefficient (Wildman–Crippen LogP) is 0.460. The summed E-state index contributed by atoms with van der Waals surface area (Å²) in [5, 5.41) is 7.67. The lowest BCUT2D eigenvalue weighted by atomic mass is 9.92. The molecule has 2 aliphatic heterocycles. The fourth-order valence-electron chi connectivity index (χ4n) is 1.78. The summed E-state index contributed by atoms with van der Waals surface area (Å²) in [6.07, 6.45) is 0.788. The molecule has 2 heterocycles. The second-order valence-corrected chi connectivity index (χ2v) is 3.60. The molecule has 2 unspecified atom stereocenters. The van der Waals surface area contributed by atoms with E-state index in [-0.39, 0.29) is 12.4 Å². The molecular formula is C9H12N2O4. The first-order chi connectivity index (χ1) is 7.18. The van der Waals surface area contributed by atoms with Gasteiger partial charge in [-0.2, -0.15) is 10.2 Å². The lowest BCUT2D eigenvalue weighted by Crippen LogP contribution is -2.33. The van der Waals surface area contributed by atoms with Crippen LogP contribution in [-0.2, 0) is 19.1 Å². The monoisotopic (exact) mass is 212 g/mol. The number of azo groups is 1. The minimum Gasteiger partial charge on any atom is -0.464 e. The van der Waals surface area contributed by atoms with Crippen molar-refractivity contribution in [1.29, 1.82) is 0 Å². The number of esters is 2. The van der Waals surface area contributed by atoms with Crippen molar-refractivity contribution in [3.05, 3.63) is 0 Å². The summed E-state index contributed by atoms with van der Waals surface area (Å²) in [5.41, 5.74) is -0.905. The molecule has 0 bridgehead atoms. The molecule has 0 aromatic rings. The number of carbonyl (C=O) groups excluding carboxylic acids is 2. The zero-order valence-electron chi connectivity index (χ0n) is 8.43. The molecule has 1 saturated heterocycles. The Bertz CT molecular complexity index is 328. The van der Waals surface area contributed by atoms with Gasteiger partial charge in [0.2, 0.25) is 0 Å². The van der Waals surface area contributed by atoms with Crippen LogP contribution in [0.15, 0.2) is 10.2 Å². The van der Waals surface area contributed by atoms with Gasteiger partial charge in [0.05, 0.1) is 13.2 Å². The van der Waals surface area contributed by atoms with E-state index in [9.17, 15) is 9.59 Å². The second-order valence-electron chi connectivity index (χ2n) is 3.60. The summed E-state index contributed by atoms with van der Waals surface area (Å²) in [7, 11) is 0. The third-order valence-corrected chi connectivity index (χ3v) is 2.61. The lowest BCUT2D eigenvalue weighted by Gasteiger charge is -2.12. The zero-order valence-corrected chi connectivity index (χ0v) is 8.43. The molecule has 0 N–H and O–H groups in total. The summed E-state index contributed by atoms with van der Waals surface area (Å²) < 4.78 is 9.65. The van der Waals surface area contributed by atoms with Gasteiger partial charge >= 0.3 is 11.9 Å². The minimum absolute atomic E-state index is 0.282. The predicted molar refractivity (Wildman–Crippen MR) is 48.2 cm³/mol. The van der Waals surface area contributed by atoms with Crippen molar-refractivity contribution < 1.29 is 19.1 Å². The van der Waals surface area contributed by atoms with Crippen molar-refractivity contribution in [2.75, 3.05) is 13.2 Å². The molecule has 0 saturated carbocycles. The van der Waals surface area contributed by atoms with Crippen molar-refractivity contribution in [1.82, 2.24) is 0 Å². The maximum absolute atomic E-state index is 11.4. The maximum atomic E-state index is 11.4. The van der Waals surface area contributed by atoms with Gasteiger partial charge in [0, 0.05) is 12.8 Å². The Hall–Kier alpha value is -1.46. The van der Waals surface area contributed by atoms with Crippen LogP contribution in [-0.4, -0.2) is 36.7 Å². The molecule has 2 rings (SSSR count). The summed E-state index contributed by atoms with van der Waals surface area (Å²) in [4.78, 5) is 22.8. The van der Waals surface area contributed by atoms with E-state index in [1.165, 1.54) is 0 Å². The van der Waals surface area contributed by atoms with Gasteiger partial charge in [-0.1, -0.05) is 0 Å². The summed E-state index contributed by atoms with van der Waals surface area (Å²) in [6, 6.07) is -0.643. The Kier molecular flexibility index (Phi) is 2.42. The van der Waals surface area contributed by atoms with E-state index in [1.807, 2.05) is 0 Å². The van der Waals surface area contributed by atoms with Crippen LogP contribution in [0.5, 0.6) is 0 Å². The van der Waals surface area contributed by atoms with E-state index in [0.29, 0.717) is 19.6 Å². The van der Waals surface area contributed by atoms with Crippen molar-refractivity contribution in [3.8, 4) is 0 Å². The Labute approximate surface area is 86.6 Å². The topological polar surface area (TPSA) is 77.3 Å². The Balaban J connectivity index is 2.04. The van der Waals surface area contributed by atoms with Gasteiger partial charge in [-0.25, -0.2) is 9.59 Å². The molecule has 0 amide bonds. The first-order valence-corrected chi connectivity index (χ1v) is 4.94. The van der Waals surface area contributed by atoms with Gasteiger partial charge in [-0.15, -0.1) is 0 Å². The van der Waals surface area contributed by atoms with Crippen LogP contribution < -0.4 is 0 Å². The largest absolute Gasteiger partial charge is 0.464 e. The number of hydrogen-bond donors (Lipinski definition) is 0. The molecule has 2 aliphatic rings. The fourth-order valence-corrected chi connectivity index (χ4v) is 1.78. The first kappa shape index (κ1) is 10.1. The highest BCUT2D eigenvalue weighted by atomic mass is 16.5. The van der Waals surface area contributed by atoms with Crippen LogP contribution in [0.2, 0.25) is 0 Å². The highest BCUT2D eigenvalue weighted by Crippen LogP contribution is 2.36. The number of carbonyl (C=O) groups is 2. The highest BCUT2D eigenvalue weighted by Gasteiger charge is 2.51. The molecule has 0 aromatic carbocycles. The van der Waals surface area contributed by atoms with E-state index in [2.05, 4.69) is 10.2 Å². The molecule has 6 heteroatoms. The molecule has 1 spiro atoms. The zero-order chi connectivity index (χ0) is 10.9. The normalized spacial score (nSPS) is 33.4. The van der Waals surface area contributed by atoms with Crippen LogP contribution in [0, 0.1) is 0 Å². The summed E-state index contributed by atoms with van der Waals surface area (Å²) in [5.74, 6) is -0.795. The van der Waals surface area contributed by atoms with Crippen molar-refractivity contribution in [3.63, 3.8) is 0 Å². The average Bonchev–Trinajstić information content (AvgIpc) is 2.77. The van der Waals surface area contributed by atoms with E-state index in [0.717, 1.165) is 0 Å². The van der Waals surface area contributed by atoms with Crippen molar-refractivity contribution in [2.45, 2.75) is 31.3 Å². The minimum atomic E-state index is -0.905.